The maximum Gasteiger partial charge on any atom is 0.229 e. The fourth-order valence-electron chi connectivity index (χ4n) is 3.55. The third-order valence-corrected chi connectivity index (χ3v) is 5.26. The van der Waals surface area contributed by atoms with Crippen molar-refractivity contribution in [2.75, 3.05) is 6.61 Å². The van der Waals surface area contributed by atoms with Gasteiger partial charge in [-0.15, -0.1) is 0 Å². The summed E-state index contributed by atoms with van der Waals surface area (Å²) >= 11 is 0. The highest BCUT2D eigenvalue weighted by Crippen LogP contribution is 2.38. The predicted octanol–water partition coefficient (Wildman–Crippen LogP) is 0.277. The smallest absolute Gasteiger partial charge is 0.229 e. The van der Waals surface area contributed by atoms with Crippen molar-refractivity contribution in [1.29, 1.82) is 0 Å². The Morgan fingerprint density at radius 1 is 1.00 bits per heavy atom. The lowest BCUT2D eigenvalue weighted by Crippen LogP contribution is -2.60. The minimum atomic E-state index is -1.56. The van der Waals surface area contributed by atoms with E-state index >= 15 is 0 Å². The molecule has 9 heteroatoms. The number of ketones is 1. The fraction of sp³-hybridized carbons (Fsp3) is 0.381. The summed E-state index contributed by atoms with van der Waals surface area (Å²) in [5.41, 5.74) is 1.11. The second-order valence-corrected chi connectivity index (χ2v) is 7.30. The molecule has 2 heterocycles. The van der Waals surface area contributed by atoms with E-state index in [4.69, 9.17) is 14.2 Å². The van der Waals surface area contributed by atoms with Crippen LogP contribution in [0.5, 0.6) is 17.2 Å². The van der Waals surface area contributed by atoms with Crippen LogP contribution in [-0.2, 0) is 4.74 Å². The van der Waals surface area contributed by atoms with Gasteiger partial charge in [0.05, 0.1) is 18.6 Å². The van der Waals surface area contributed by atoms with Crippen molar-refractivity contribution in [3.63, 3.8) is 0 Å². The highest BCUT2D eigenvalue weighted by atomic mass is 16.7. The number of rotatable bonds is 4. The van der Waals surface area contributed by atoms with E-state index in [0.717, 1.165) is 5.56 Å². The third-order valence-electron chi connectivity index (χ3n) is 5.26. The van der Waals surface area contributed by atoms with Gasteiger partial charge in [0, 0.05) is 6.07 Å². The number of carbonyl (C=O) groups is 1. The summed E-state index contributed by atoms with van der Waals surface area (Å²) in [5.74, 6) is 0.480. The Kier molecular flexibility index (Phi) is 5.63. The monoisotopic (exact) mass is 418 g/mol. The first-order valence-electron chi connectivity index (χ1n) is 9.47. The average molecular weight is 418 g/mol. The second-order valence-electron chi connectivity index (χ2n) is 7.30. The largest absolute Gasteiger partial charge is 0.508 e. The van der Waals surface area contributed by atoms with Gasteiger partial charge in [0.1, 0.15) is 47.8 Å². The van der Waals surface area contributed by atoms with Gasteiger partial charge in [0.15, 0.2) is 5.78 Å². The molecule has 2 aliphatic heterocycles. The molecule has 0 radical (unpaired) electrons. The minimum Gasteiger partial charge on any atom is -0.508 e. The van der Waals surface area contributed by atoms with Crippen LogP contribution < -0.4 is 9.47 Å². The number of ether oxygens (including phenoxy) is 3. The minimum absolute atomic E-state index is 0.108. The summed E-state index contributed by atoms with van der Waals surface area (Å²) in [6.07, 6.45) is -7.42. The van der Waals surface area contributed by atoms with Gasteiger partial charge >= 0.3 is 0 Å². The summed E-state index contributed by atoms with van der Waals surface area (Å²) in [7, 11) is 0. The van der Waals surface area contributed by atoms with Crippen LogP contribution in [0.3, 0.4) is 0 Å². The van der Waals surface area contributed by atoms with E-state index in [9.17, 15) is 30.3 Å². The van der Waals surface area contributed by atoms with Crippen LogP contribution in [0.2, 0.25) is 0 Å². The molecule has 6 atom stereocenters. The number of benzene rings is 2. The Morgan fingerprint density at radius 2 is 1.73 bits per heavy atom. The molecule has 1 fully saturated rings. The van der Waals surface area contributed by atoms with E-state index in [0.29, 0.717) is 5.56 Å². The average Bonchev–Trinajstić information content (AvgIpc) is 2.74. The molecule has 4 rings (SSSR count). The number of fused-ring (bicyclic) bond motifs is 1. The summed E-state index contributed by atoms with van der Waals surface area (Å²) < 4.78 is 16.9. The predicted molar refractivity (Wildman–Crippen MR) is 101 cm³/mol. The number of phenolic OH excluding ortho intramolecular Hbond substituents is 1. The lowest BCUT2D eigenvalue weighted by atomic mass is 9.96. The lowest BCUT2D eigenvalue weighted by molar-refractivity contribution is -0.277. The summed E-state index contributed by atoms with van der Waals surface area (Å²) in [4.78, 5) is 12.5. The Bertz CT molecular complexity index is 911. The molecule has 0 aromatic heterocycles. The fourth-order valence-corrected chi connectivity index (χ4v) is 3.55. The molecule has 2 aromatic carbocycles. The SMILES string of the molecule is O=C1C[C@@H](c2ccc(O)cc2)Oc2cc(O[C@H]3O[C@H](CO)[C@@H](O)[C@H](O)[C@H]3O)ccc21. The molecule has 0 saturated carbocycles. The van der Waals surface area contributed by atoms with Crippen LogP contribution in [0, 0.1) is 0 Å². The topological polar surface area (TPSA) is 146 Å². The van der Waals surface area contributed by atoms with Gasteiger partial charge < -0.3 is 39.7 Å². The maximum absolute atomic E-state index is 12.5. The first-order valence-corrected chi connectivity index (χ1v) is 9.47. The normalized spacial score (nSPS) is 31.0. The van der Waals surface area contributed by atoms with Crippen molar-refractivity contribution in [3.05, 3.63) is 53.6 Å². The van der Waals surface area contributed by atoms with Gasteiger partial charge in [-0.05, 0) is 29.8 Å². The zero-order valence-electron chi connectivity index (χ0n) is 15.8. The molecule has 0 unspecified atom stereocenters. The van der Waals surface area contributed by atoms with Crippen molar-refractivity contribution in [1.82, 2.24) is 0 Å². The zero-order chi connectivity index (χ0) is 21.4. The van der Waals surface area contributed by atoms with Gasteiger partial charge in [-0.1, -0.05) is 12.1 Å². The van der Waals surface area contributed by atoms with Gasteiger partial charge in [0.25, 0.3) is 0 Å². The van der Waals surface area contributed by atoms with Gasteiger partial charge in [0.2, 0.25) is 6.29 Å². The van der Waals surface area contributed by atoms with Crippen molar-refractivity contribution >= 4 is 5.78 Å². The Morgan fingerprint density at radius 3 is 2.43 bits per heavy atom. The number of aromatic hydroxyl groups is 1. The number of hydrogen-bond acceptors (Lipinski definition) is 9. The van der Waals surface area contributed by atoms with Crippen molar-refractivity contribution < 1.29 is 44.5 Å². The summed E-state index contributed by atoms with van der Waals surface area (Å²) in [5, 5.41) is 48.6. The molecule has 2 aromatic rings. The highest BCUT2D eigenvalue weighted by Gasteiger charge is 2.44. The number of aliphatic hydroxyl groups excluding tert-OH is 4. The standard InChI is InChI=1S/C21H22O9/c22-9-17-18(25)19(26)20(27)21(30-17)28-12-5-6-13-14(24)8-15(29-16(13)7-12)10-1-3-11(23)4-2-10/h1-7,15,17-23,25-27H,8-9H2/t15-,17+,18+,19-,20+,21-/m0/s1. The first-order chi connectivity index (χ1) is 14.4. The number of carbonyl (C=O) groups excluding carboxylic acids is 1. The quantitative estimate of drug-likeness (QED) is 0.472. The van der Waals surface area contributed by atoms with E-state index < -0.39 is 43.4 Å². The van der Waals surface area contributed by atoms with Gasteiger partial charge in [-0.3, -0.25) is 4.79 Å². The molecule has 2 aliphatic rings. The van der Waals surface area contributed by atoms with E-state index in [1.165, 1.54) is 30.3 Å². The molecule has 0 aliphatic carbocycles. The molecule has 0 spiro atoms. The molecule has 0 amide bonds. The van der Waals surface area contributed by atoms with E-state index in [2.05, 4.69) is 0 Å². The zero-order valence-corrected chi connectivity index (χ0v) is 15.8. The van der Waals surface area contributed by atoms with Crippen molar-refractivity contribution in [3.8, 4) is 17.2 Å². The Labute approximate surface area is 171 Å². The molecule has 0 bridgehead atoms. The summed E-state index contributed by atoms with van der Waals surface area (Å²) in [6.45, 7) is -0.569. The second kappa shape index (κ2) is 8.21. The number of aliphatic hydroxyl groups is 4. The van der Waals surface area contributed by atoms with Crippen molar-refractivity contribution in [2.24, 2.45) is 0 Å². The van der Waals surface area contributed by atoms with E-state index in [1.54, 1.807) is 12.1 Å². The van der Waals surface area contributed by atoms with E-state index in [1.807, 2.05) is 0 Å². The van der Waals surface area contributed by atoms with Gasteiger partial charge in [-0.2, -0.15) is 0 Å². The van der Waals surface area contributed by atoms with Crippen molar-refractivity contribution in [2.45, 2.75) is 43.2 Å². The molecule has 5 N–H and O–H groups in total. The first kappa shape index (κ1) is 20.6. The lowest BCUT2D eigenvalue weighted by Gasteiger charge is -2.39. The van der Waals surface area contributed by atoms with Crippen LogP contribution in [0.15, 0.2) is 42.5 Å². The van der Waals surface area contributed by atoms with Crippen LogP contribution in [0.4, 0.5) is 0 Å². The molecule has 30 heavy (non-hydrogen) atoms. The third kappa shape index (κ3) is 3.85. The number of phenols is 1. The van der Waals surface area contributed by atoms with E-state index in [-0.39, 0.29) is 29.5 Å². The van der Waals surface area contributed by atoms with Gasteiger partial charge in [-0.25, -0.2) is 0 Å². The number of Topliss-reactive ketones (excluding diaryl/α,β-unsaturated/α-hetero) is 1. The van der Waals surface area contributed by atoms with Crippen LogP contribution in [0.25, 0.3) is 0 Å². The highest BCUT2D eigenvalue weighted by molar-refractivity contribution is 6.00. The summed E-state index contributed by atoms with van der Waals surface area (Å²) in [6, 6.07) is 10.9. The molecular weight excluding hydrogens is 396 g/mol. The van der Waals surface area contributed by atoms with Crippen LogP contribution in [-0.4, -0.2) is 68.6 Å². The molecule has 9 nitrogen and oxygen atoms in total. The maximum atomic E-state index is 12.5. The molecule has 1 saturated heterocycles. The Hall–Kier alpha value is -2.69. The van der Waals surface area contributed by atoms with Crippen LogP contribution >= 0.6 is 0 Å². The molecular formula is C21H22O9. The molecule has 160 valence electrons. The Balaban J connectivity index is 1.54. The van der Waals surface area contributed by atoms with Crippen LogP contribution in [0.1, 0.15) is 28.4 Å². The number of hydrogen-bond donors (Lipinski definition) is 5.